The van der Waals surface area contributed by atoms with E-state index in [1.165, 1.54) is 7.11 Å². The molecule has 8 nitrogen and oxygen atoms in total. The van der Waals surface area contributed by atoms with Gasteiger partial charge in [0.2, 0.25) is 5.71 Å². The number of benzene rings is 1. The molecule has 0 radical (unpaired) electrons. The van der Waals surface area contributed by atoms with Crippen LogP contribution in [0.2, 0.25) is 0 Å². The molecule has 8 heteroatoms. The van der Waals surface area contributed by atoms with Gasteiger partial charge >= 0.3 is 6.09 Å². The molecule has 110 valence electrons. The van der Waals surface area contributed by atoms with Crippen LogP contribution in [0.25, 0.3) is 0 Å². The summed E-state index contributed by atoms with van der Waals surface area (Å²) in [4.78, 5) is 22.7. The van der Waals surface area contributed by atoms with Crippen LogP contribution in [-0.2, 0) is 9.53 Å². The lowest BCUT2D eigenvalue weighted by Crippen LogP contribution is -2.36. The van der Waals surface area contributed by atoms with E-state index in [9.17, 15) is 9.59 Å². The van der Waals surface area contributed by atoms with Gasteiger partial charge in [0.25, 0.3) is 5.91 Å². The van der Waals surface area contributed by atoms with Crippen LogP contribution in [0.5, 0.6) is 5.75 Å². The molecule has 1 aromatic carbocycles. The van der Waals surface area contributed by atoms with Crippen LogP contribution in [0.4, 0.5) is 10.5 Å². The molecule has 0 aliphatic carbocycles. The van der Waals surface area contributed by atoms with Gasteiger partial charge in [-0.3, -0.25) is 15.5 Å². The highest BCUT2D eigenvalue weighted by atomic mass is 16.5. The number of methoxy groups -OCH3 is 1. The van der Waals surface area contributed by atoms with E-state index in [1.54, 1.807) is 37.3 Å². The maximum Gasteiger partial charge on any atom is 0.414 e. The third-order valence-electron chi connectivity index (χ3n) is 2.18. The number of carbonyl (C=O) groups is 2. The lowest BCUT2D eigenvalue weighted by atomic mass is 10.3. The minimum absolute atomic E-state index is 0.111. The number of amides is 2. The maximum atomic E-state index is 11.6. The predicted molar refractivity (Wildman–Crippen MR) is 74.8 cm³/mol. The van der Waals surface area contributed by atoms with Crippen molar-refractivity contribution < 1.29 is 19.1 Å². The summed E-state index contributed by atoms with van der Waals surface area (Å²) in [7, 11) is 1.51. The molecule has 0 saturated heterocycles. The summed E-state index contributed by atoms with van der Waals surface area (Å²) in [5.74, 6) is -0.365. The lowest BCUT2D eigenvalue weighted by molar-refractivity contribution is -0.114. The van der Waals surface area contributed by atoms with E-state index in [0.29, 0.717) is 11.4 Å². The first-order valence-corrected chi connectivity index (χ1v) is 5.96. The summed E-state index contributed by atoms with van der Waals surface area (Å²) in [6, 6.07) is 8.32. The van der Waals surface area contributed by atoms with Crippen LogP contribution in [0.15, 0.2) is 29.4 Å². The molecule has 0 saturated carbocycles. The molecule has 2 amide bonds. The Morgan fingerprint density at radius 2 is 2.19 bits per heavy atom. The number of ether oxygens (including phenoxy) is 2. The van der Waals surface area contributed by atoms with Crippen molar-refractivity contribution in [1.29, 1.82) is 5.26 Å². The molecule has 0 fully saturated rings. The van der Waals surface area contributed by atoms with Gasteiger partial charge in [-0.1, -0.05) is 6.07 Å². The van der Waals surface area contributed by atoms with Gasteiger partial charge in [-0.25, -0.2) is 4.79 Å². The lowest BCUT2D eigenvalue weighted by Gasteiger charge is -2.05. The average molecular weight is 290 g/mol. The fraction of sp³-hybridized carbons (Fsp3) is 0.231. The van der Waals surface area contributed by atoms with E-state index < -0.39 is 17.7 Å². The van der Waals surface area contributed by atoms with Crippen LogP contribution < -0.4 is 15.5 Å². The van der Waals surface area contributed by atoms with Gasteiger partial charge < -0.3 is 9.47 Å². The van der Waals surface area contributed by atoms with Gasteiger partial charge in [-0.15, -0.1) is 0 Å². The molecule has 0 atom stereocenters. The zero-order valence-corrected chi connectivity index (χ0v) is 11.5. The summed E-state index contributed by atoms with van der Waals surface area (Å²) < 4.78 is 9.55. The van der Waals surface area contributed by atoms with Crippen molar-refractivity contribution in [3.63, 3.8) is 0 Å². The Morgan fingerprint density at radius 1 is 1.43 bits per heavy atom. The molecule has 0 unspecified atom stereocenters. The fourth-order valence-corrected chi connectivity index (χ4v) is 1.26. The van der Waals surface area contributed by atoms with Gasteiger partial charge in [0.05, 0.1) is 19.4 Å². The summed E-state index contributed by atoms with van der Waals surface area (Å²) in [5.41, 5.74) is 2.54. The summed E-state index contributed by atoms with van der Waals surface area (Å²) >= 11 is 0. The van der Waals surface area contributed by atoms with Crippen molar-refractivity contribution in [2.75, 3.05) is 19.1 Å². The van der Waals surface area contributed by atoms with Crippen molar-refractivity contribution in [2.24, 2.45) is 5.10 Å². The quantitative estimate of drug-likeness (QED) is 0.623. The monoisotopic (exact) mass is 290 g/mol. The molecule has 0 aliphatic heterocycles. The third-order valence-corrected chi connectivity index (χ3v) is 2.18. The number of nitrogens with zero attached hydrogens (tertiary/aromatic N) is 2. The largest absolute Gasteiger partial charge is 0.497 e. The zero-order chi connectivity index (χ0) is 15.7. The Balaban J connectivity index is 2.73. The first kappa shape index (κ1) is 16.0. The Kier molecular flexibility index (Phi) is 6.21. The number of carbonyl (C=O) groups excluding carboxylic acids is 2. The summed E-state index contributed by atoms with van der Waals surface area (Å²) in [6.45, 7) is 1.70. The molecule has 21 heavy (non-hydrogen) atoms. The van der Waals surface area contributed by atoms with Gasteiger partial charge in [-0.2, -0.15) is 10.4 Å². The SMILES string of the molecule is CCOC(=O)NC(=O)/C(C#N)=N/Nc1cccc(OC)c1. The van der Waals surface area contributed by atoms with Crippen LogP contribution >= 0.6 is 0 Å². The van der Waals surface area contributed by atoms with Crippen LogP contribution in [0.1, 0.15) is 6.92 Å². The Morgan fingerprint density at radius 3 is 2.81 bits per heavy atom. The molecule has 2 N–H and O–H groups in total. The molecule has 0 heterocycles. The molecule has 1 aromatic rings. The van der Waals surface area contributed by atoms with E-state index in [1.807, 2.05) is 5.32 Å². The Hall–Kier alpha value is -3.08. The highest BCUT2D eigenvalue weighted by molar-refractivity contribution is 6.46. The first-order valence-electron chi connectivity index (χ1n) is 5.96. The number of nitrogens with one attached hydrogen (secondary N) is 2. The van der Waals surface area contributed by atoms with Gasteiger partial charge in [0, 0.05) is 6.07 Å². The van der Waals surface area contributed by atoms with Crippen molar-refractivity contribution in [1.82, 2.24) is 5.32 Å². The molecule has 0 aliphatic rings. The van der Waals surface area contributed by atoms with Crippen molar-refractivity contribution in [3.05, 3.63) is 24.3 Å². The van der Waals surface area contributed by atoms with Gasteiger partial charge in [0.1, 0.15) is 11.8 Å². The van der Waals surface area contributed by atoms with Gasteiger partial charge in [-0.05, 0) is 19.1 Å². The second-order valence-electron chi connectivity index (χ2n) is 3.59. The highest BCUT2D eigenvalue weighted by Gasteiger charge is 2.15. The Bertz CT molecular complexity index is 592. The van der Waals surface area contributed by atoms with Crippen LogP contribution in [-0.4, -0.2) is 31.4 Å². The number of hydrogen-bond donors (Lipinski definition) is 2. The van der Waals surface area contributed by atoms with E-state index in [0.717, 1.165) is 0 Å². The maximum absolute atomic E-state index is 11.6. The van der Waals surface area contributed by atoms with Crippen LogP contribution in [0, 0.1) is 11.3 Å². The predicted octanol–water partition coefficient (Wildman–Crippen LogP) is 1.26. The molecular formula is C13H14N4O4. The summed E-state index contributed by atoms with van der Waals surface area (Å²) in [5, 5.41) is 14.4. The average Bonchev–Trinajstić information content (AvgIpc) is 2.48. The van der Waals surface area contributed by atoms with Crippen LogP contribution in [0.3, 0.4) is 0 Å². The molecule has 0 spiro atoms. The second kappa shape index (κ2) is 8.16. The number of anilines is 1. The zero-order valence-electron chi connectivity index (χ0n) is 11.5. The number of nitriles is 1. The number of rotatable bonds is 5. The fourth-order valence-electron chi connectivity index (χ4n) is 1.26. The van der Waals surface area contributed by atoms with Crippen molar-refractivity contribution in [3.8, 4) is 11.8 Å². The highest BCUT2D eigenvalue weighted by Crippen LogP contribution is 2.16. The first-order chi connectivity index (χ1) is 10.1. The summed E-state index contributed by atoms with van der Waals surface area (Å²) in [6.07, 6.45) is -0.938. The molecule has 1 rings (SSSR count). The smallest absolute Gasteiger partial charge is 0.414 e. The minimum Gasteiger partial charge on any atom is -0.497 e. The third kappa shape index (κ3) is 5.20. The molecule has 0 bridgehead atoms. The van der Waals surface area contributed by atoms with E-state index in [-0.39, 0.29) is 6.61 Å². The van der Waals surface area contributed by atoms with Gasteiger partial charge in [0.15, 0.2) is 0 Å². The van der Waals surface area contributed by atoms with Crippen molar-refractivity contribution >= 4 is 23.4 Å². The number of imide groups is 1. The van der Waals surface area contributed by atoms with E-state index in [4.69, 9.17) is 10.00 Å². The minimum atomic E-state index is -0.952. The molecule has 0 aromatic heterocycles. The number of hydrazone groups is 1. The topological polar surface area (TPSA) is 113 Å². The second-order valence-corrected chi connectivity index (χ2v) is 3.59. The number of alkyl carbamates (subject to hydrolysis) is 1. The normalized spacial score (nSPS) is 10.2. The van der Waals surface area contributed by atoms with E-state index in [2.05, 4.69) is 15.3 Å². The molecular weight excluding hydrogens is 276 g/mol. The Labute approximate surface area is 121 Å². The standard InChI is InChI=1S/C13H14N4O4/c1-3-21-13(19)15-12(18)11(8-14)17-16-9-5-4-6-10(7-9)20-2/h4-7,16H,3H2,1-2H3,(H,15,18,19)/b17-11+. The number of hydrogen-bond acceptors (Lipinski definition) is 7. The van der Waals surface area contributed by atoms with E-state index >= 15 is 0 Å². The van der Waals surface area contributed by atoms with Crippen molar-refractivity contribution in [2.45, 2.75) is 6.92 Å².